The summed E-state index contributed by atoms with van der Waals surface area (Å²) in [5.74, 6) is 0.255. The van der Waals surface area contributed by atoms with Crippen molar-refractivity contribution in [3.63, 3.8) is 0 Å². The molecule has 0 aromatic heterocycles. The van der Waals surface area contributed by atoms with E-state index in [0.717, 1.165) is 38.5 Å². The Hall–Kier alpha value is -0.860. The van der Waals surface area contributed by atoms with E-state index in [1.54, 1.807) is 0 Å². The lowest BCUT2D eigenvalue weighted by molar-refractivity contribution is -0.145. The van der Waals surface area contributed by atoms with Crippen LogP contribution in [0.25, 0.3) is 0 Å². The standard InChI is InChI=1S/C15H26O3/c1-2-3-12-18-15(17)11-10-14(16)13-8-6-4-5-7-9-13/h13H,2-12H2,1H3. The quantitative estimate of drug-likeness (QED) is 0.395. The lowest BCUT2D eigenvalue weighted by Gasteiger charge is -2.12. The van der Waals surface area contributed by atoms with Gasteiger partial charge in [-0.3, -0.25) is 9.59 Å². The molecule has 18 heavy (non-hydrogen) atoms. The number of unbranched alkanes of at least 4 members (excludes halogenated alkanes) is 1. The molecule has 0 aliphatic heterocycles. The maximum absolute atomic E-state index is 12.0. The first kappa shape index (κ1) is 15.2. The van der Waals surface area contributed by atoms with Gasteiger partial charge in [-0.2, -0.15) is 0 Å². The van der Waals surface area contributed by atoms with Gasteiger partial charge in [0.05, 0.1) is 13.0 Å². The highest BCUT2D eigenvalue weighted by Crippen LogP contribution is 2.24. The van der Waals surface area contributed by atoms with Gasteiger partial charge in [-0.05, 0) is 19.3 Å². The van der Waals surface area contributed by atoms with Crippen molar-refractivity contribution in [3.05, 3.63) is 0 Å². The highest BCUT2D eigenvalue weighted by atomic mass is 16.5. The predicted octanol–water partition coefficient (Wildman–Crippen LogP) is 3.65. The molecule has 0 unspecified atom stereocenters. The molecule has 104 valence electrons. The lowest BCUT2D eigenvalue weighted by Crippen LogP contribution is -2.16. The van der Waals surface area contributed by atoms with Gasteiger partial charge in [0, 0.05) is 12.3 Å². The van der Waals surface area contributed by atoms with E-state index in [1.807, 2.05) is 0 Å². The number of ether oxygens (including phenoxy) is 1. The van der Waals surface area contributed by atoms with Gasteiger partial charge in [0.25, 0.3) is 0 Å². The molecule has 0 aromatic rings. The number of rotatable bonds is 7. The zero-order chi connectivity index (χ0) is 13.2. The summed E-state index contributed by atoms with van der Waals surface area (Å²) < 4.78 is 5.05. The van der Waals surface area contributed by atoms with E-state index in [2.05, 4.69) is 6.92 Å². The molecular weight excluding hydrogens is 228 g/mol. The van der Waals surface area contributed by atoms with Crippen molar-refractivity contribution < 1.29 is 14.3 Å². The Kier molecular flexibility index (Phi) is 7.70. The fourth-order valence-corrected chi connectivity index (χ4v) is 2.43. The maximum atomic E-state index is 12.0. The zero-order valence-corrected chi connectivity index (χ0v) is 11.6. The minimum atomic E-state index is -0.217. The molecule has 1 aliphatic rings. The van der Waals surface area contributed by atoms with Crippen LogP contribution in [0.15, 0.2) is 0 Å². The predicted molar refractivity (Wildman–Crippen MR) is 71.3 cm³/mol. The highest BCUT2D eigenvalue weighted by molar-refractivity contribution is 5.84. The molecule has 0 bridgehead atoms. The minimum absolute atomic E-state index is 0.205. The summed E-state index contributed by atoms with van der Waals surface area (Å²) in [4.78, 5) is 23.4. The average molecular weight is 254 g/mol. The summed E-state index contributed by atoms with van der Waals surface area (Å²) in [6.07, 6.45) is 9.43. The van der Waals surface area contributed by atoms with Crippen LogP contribution in [0.5, 0.6) is 0 Å². The van der Waals surface area contributed by atoms with E-state index in [9.17, 15) is 9.59 Å². The van der Waals surface area contributed by atoms with Gasteiger partial charge in [0.1, 0.15) is 5.78 Å². The van der Waals surface area contributed by atoms with Gasteiger partial charge < -0.3 is 4.74 Å². The van der Waals surface area contributed by atoms with Gasteiger partial charge in [-0.25, -0.2) is 0 Å². The molecular formula is C15H26O3. The summed E-state index contributed by atoms with van der Waals surface area (Å²) in [5, 5.41) is 0. The fraction of sp³-hybridized carbons (Fsp3) is 0.867. The fourth-order valence-electron chi connectivity index (χ4n) is 2.43. The molecule has 0 atom stereocenters. The number of hydrogen-bond donors (Lipinski definition) is 0. The van der Waals surface area contributed by atoms with Crippen molar-refractivity contribution >= 4 is 11.8 Å². The smallest absolute Gasteiger partial charge is 0.306 e. The van der Waals surface area contributed by atoms with Crippen LogP contribution in [0.4, 0.5) is 0 Å². The summed E-state index contributed by atoms with van der Waals surface area (Å²) in [5.41, 5.74) is 0. The van der Waals surface area contributed by atoms with Crippen LogP contribution < -0.4 is 0 Å². The zero-order valence-electron chi connectivity index (χ0n) is 11.6. The number of Topliss-reactive ketones (excluding diaryl/α,β-unsaturated/α-hetero) is 1. The van der Waals surface area contributed by atoms with Crippen molar-refractivity contribution in [1.82, 2.24) is 0 Å². The third-order valence-electron chi connectivity index (χ3n) is 3.65. The Morgan fingerprint density at radius 1 is 1.06 bits per heavy atom. The van der Waals surface area contributed by atoms with Gasteiger partial charge in [-0.1, -0.05) is 39.0 Å². The summed E-state index contributed by atoms with van der Waals surface area (Å²) in [7, 11) is 0. The first-order chi connectivity index (χ1) is 8.74. The summed E-state index contributed by atoms with van der Waals surface area (Å²) >= 11 is 0. The highest BCUT2D eigenvalue weighted by Gasteiger charge is 2.20. The molecule has 0 spiro atoms. The van der Waals surface area contributed by atoms with E-state index in [1.165, 1.54) is 12.8 Å². The summed E-state index contributed by atoms with van der Waals surface area (Å²) in [6.45, 7) is 2.55. The Morgan fingerprint density at radius 3 is 2.33 bits per heavy atom. The number of esters is 1. The second-order valence-corrected chi connectivity index (χ2v) is 5.23. The van der Waals surface area contributed by atoms with Crippen LogP contribution in [0, 0.1) is 5.92 Å². The van der Waals surface area contributed by atoms with Gasteiger partial charge >= 0.3 is 5.97 Å². The molecule has 1 rings (SSSR count). The van der Waals surface area contributed by atoms with Crippen LogP contribution in [-0.4, -0.2) is 18.4 Å². The topological polar surface area (TPSA) is 43.4 Å². The Labute approximate surface area is 110 Å². The van der Waals surface area contributed by atoms with Crippen molar-refractivity contribution in [2.24, 2.45) is 5.92 Å². The maximum Gasteiger partial charge on any atom is 0.306 e. The second kappa shape index (κ2) is 9.12. The van der Waals surface area contributed by atoms with Gasteiger partial charge in [-0.15, -0.1) is 0 Å². The molecule has 0 radical (unpaired) electrons. The number of carbonyl (C=O) groups is 2. The summed E-state index contributed by atoms with van der Waals surface area (Å²) in [6, 6.07) is 0. The monoisotopic (exact) mass is 254 g/mol. The van der Waals surface area contributed by atoms with Gasteiger partial charge in [0.2, 0.25) is 0 Å². The molecule has 0 N–H and O–H groups in total. The van der Waals surface area contributed by atoms with Crippen molar-refractivity contribution in [2.45, 2.75) is 71.1 Å². The molecule has 0 amide bonds. The van der Waals surface area contributed by atoms with E-state index >= 15 is 0 Å². The molecule has 3 heteroatoms. The minimum Gasteiger partial charge on any atom is -0.466 e. The number of carbonyl (C=O) groups excluding carboxylic acids is 2. The van der Waals surface area contributed by atoms with Crippen molar-refractivity contribution in [3.8, 4) is 0 Å². The molecule has 3 nitrogen and oxygen atoms in total. The normalized spacial score (nSPS) is 17.2. The van der Waals surface area contributed by atoms with Crippen molar-refractivity contribution in [2.75, 3.05) is 6.61 Å². The first-order valence-corrected chi connectivity index (χ1v) is 7.42. The van der Waals surface area contributed by atoms with E-state index in [-0.39, 0.29) is 24.1 Å². The van der Waals surface area contributed by atoms with Gasteiger partial charge in [0.15, 0.2) is 0 Å². The van der Waals surface area contributed by atoms with Crippen LogP contribution in [0.3, 0.4) is 0 Å². The molecule has 1 aliphatic carbocycles. The molecule has 0 aromatic carbocycles. The molecule has 0 saturated heterocycles. The van der Waals surface area contributed by atoms with E-state index in [0.29, 0.717) is 13.0 Å². The number of ketones is 1. The molecule has 1 saturated carbocycles. The Balaban J connectivity index is 2.16. The van der Waals surface area contributed by atoms with Crippen molar-refractivity contribution in [1.29, 1.82) is 0 Å². The Bertz CT molecular complexity index is 252. The average Bonchev–Trinajstić information content (AvgIpc) is 2.65. The van der Waals surface area contributed by atoms with E-state index < -0.39 is 0 Å². The molecule has 0 heterocycles. The van der Waals surface area contributed by atoms with Crippen LogP contribution in [0.2, 0.25) is 0 Å². The largest absolute Gasteiger partial charge is 0.466 e. The first-order valence-electron chi connectivity index (χ1n) is 7.42. The van der Waals surface area contributed by atoms with Crippen LogP contribution >= 0.6 is 0 Å². The number of hydrogen-bond acceptors (Lipinski definition) is 3. The van der Waals surface area contributed by atoms with Crippen LogP contribution in [0.1, 0.15) is 71.1 Å². The second-order valence-electron chi connectivity index (χ2n) is 5.23. The Morgan fingerprint density at radius 2 is 1.72 bits per heavy atom. The van der Waals surface area contributed by atoms with E-state index in [4.69, 9.17) is 4.74 Å². The van der Waals surface area contributed by atoms with Crippen LogP contribution in [-0.2, 0) is 14.3 Å². The SMILES string of the molecule is CCCCOC(=O)CCC(=O)C1CCCCCC1. The molecule has 1 fully saturated rings. The third kappa shape index (κ3) is 6.18. The third-order valence-corrected chi connectivity index (χ3v) is 3.65. The lowest BCUT2D eigenvalue weighted by atomic mass is 9.93.